The van der Waals surface area contributed by atoms with Crippen LogP contribution >= 0.6 is 0 Å². The van der Waals surface area contributed by atoms with Crippen LogP contribution in [0.1, 0.15) is 24.2 Å². The van der Waals surface area contributed by atoms with Crippen LogP contribution in [0.2, 0.25) is 0 Å². The van der Waals surface area contributed by atoms with Crippen LogP contribution in [0.25, 0.3) is 10.9 Å². The lowest BCUT2D eigenvalue weighted by molar-refractivity contribution is 0.238. The van der Waals surface area contributed by atoms with E-state index in [2.05, 4.69) is 27.0 Å². The number of ether oxygens (including phenoxy) is 1. The fourth-order valence-corrected chi connectivity index (χ4v) is 3.81. The highest BCUT2D eigenvalue weighted by Crippen LogP contribution is 2.24. The molecule has 1 aliphatic rings. The normalized spacial score (nSPS) is 17.7. The molecule has 1 saturated heterocycles. The molecule has 0 amide bonds. The topological polar surface area (TPSA) is 58.2 Å². The Balaban J connectivity index is 1.53. The monoisotopic (exact) mass is 349 g/mol. The van der Waals surface area contributed by atoms with Crippen LogP contribution in [0.15, 0.2) is 53.3 Å². The third-order valence-corrected chi connectivity index (χ3v) is 5.12. The second-order valence-corrected chi connectivity index (χ2v) is 6.85. The number of methoxy groups -OCH3 is 1. The van der Waals surface area contributed by atoms with Gasteiger partial charge in [0.2, 0.25) is 0 Å². The standard InChI is InChI=1S/C21H23N3O2/c1-26-17-8-4-6-15(13-17)12-16-7-5-11-24(16)14-20-22-19-10-3-2-9-18(19)21(25)23-20/h2-4,6,8-10,13,16H,5,7,11-12,14H2,1H3,(H,22,23,25)/t16-/m1/s1. The van der Waals surface area contributed by atoms with Gasteiger partial charge in [0.25, 0.3) is 5.56 Å². The smallest absolute Gasteiger partial charge is 0.258 e. The van der Waals surface area contributed by atoms with Crippen molar-refractivity contribution in [3.05, 3.63) is 70.3 Å². The molecule has 4 rings (SSSR count). The summed E-state index contributed by atoms with van der Waals surface area (Å²) in [4.78, 5) is 22.3. The molecule has 1 fully saturated rings. The zero-order chi connectivity index (χ0) is 17.9. The summed E-state index contributed by atoms with van der Waals surface area (Å²) < 4.78 is 5.33. The summed E-state index contributed by atoms with van der Waals surface area (Å²) in [5.41, 5.74) is 1.98. The summed E-state index contributed by atoms with van der Waals surface area (Å²) >= 11 is 0. The van der Waals surface area contributed by atoms with Crippen molar-refractivity contribution < 1.29 is 4.74 Å². The maximum absolute atomic E-state index is 12.3. The minimum Gasteiger partial charge on any atom is -0.497 e. The van der Waals surface area contributed by atoms with Gasteiger partial charge in [0.1, 0.15) is 11.6 Å². The van der Waals surface area contributed by atoms with Gasteiger partial charge >= 0.3 is 0 Å². The van der Waals surface area contributed by atoms with Crippen LogP contribution in [-0.4, -0.2) is 34.6 Å². The predicted octanol–water partition coefficient (Wildman–Crippen LogP) is 3.14. The molecule has 1 N–H and O–H groups in total. The molecule has 0 bridgehead atoms. The summed E-state index contributed by atoms with van der Waals surface area (Å²) in [5, 5.41) is 0.644. The Labute approximate surface area is 152 Å². The van der Waals surface area contributed by atoms with Crippen LogP contribution in [0.5, 0.6) is 5.75 Å². The van der Waals surface area contributed by atoms with Crippen LogP contribution in [-0.2, 0) is 13.0 Å². The van der Waals surface area contributed by atoms with Crippen molar-refractivity contribution in [2.45, 2.75) is 31.8 Å². The van der Waals surface area contributed by atoms with Gasteiger partial charge in [-0.05, 0) is 55.6 Å². The van der Waals surface area contributed by atoms with Crippen LogP contribution in [0.4, 0.5) is 0 Å². The molecule has 0 saturated carbocycles. The molecule has 0 aliphatic carbocycles. The molecule has 2 heterocycles. The number of nitrogens with zero attached hydrogens (tertiary/aromatic N) is 2. The molecular formula is C21H23N3O2. The Morgan fingerprint density at radius 2 is 2.12 bits per heavy atom. The molecule has 3 aromatic rings. The van der Waals surface area contributed by atoms with E-state index in [1.807, 2.05) is 36.4 Å². The third kappa shape index (κ3) is 3.48. The fourth-order valence-electron chi connectivity index (χ4n) is 3.81. The van der Waals surface area contributed by atoms with Gasteiger partial charge in [-0.3, -0.25) is 9.69 Å². The maximum atomic E-state index is 12.3. The SMILES string of the molecule is COc1cccc(C[C@H]2CCCN2Cc2nc3ccccc3c(=O)[nH]2)c1. The van der Waals surface area contributed by atoms with Gasteiger partial charge in [0, 0.05) is 6.04 Å². The lowest BCUT2D eigenvalue weighted by Crippen LogP contribution is -2.32. The molecule has 0 radical (unpaired) electrons. The average molecular weight is 349 g/mol. The number of likely N-dealkylation sites (tertiary alicyclic amines) is 1. The highest BCUT2D eigenvalue weighted by molar-refractivity contribution is 5.77. The van der Waals surface area contributed by atoms with Crippen molar-refractivity contribution in [3.8, 4) is 5.75 Å². The Morgan fingerprint density at radius 1 is 1.23 bits per heavy atom. The lowest BCUT2D eigenvalue weighted by atomic mass is 10.0. The van der Waals surface area contributed by atoms with E-state index in [0.29, 0.717) is 18.0 Å². The highest BCUT2D eigenvalue weighted by Gasteiger charge is 2.25. The Kier molecular flexibility index (Phi) is 4.71. The fraction of sp³-hybridized carbons (Fsp3) is 0.333. The second-order valence-electron chi connectivity index (χ2n) is 6.85. The van der Waals surface area contributed by atoms with Gasteiger partial charge in [-0.1, -0.05) is 24.3 Å². The van der Waals surface area contributed by atoms with E-state index in [1.54, 1.807) is 7.11 Å². The summed E-state index contributed by atoms with van der Waals surface area (Å²) in [6.45, 7) is 1.71. The zero-order valence-electron chi connectivity index (χ0n) is 14.9. The minimum atomic E-state index is -0.0610. The van der Waals surface area contributed by atoms with Crippen LogP contribution in [0.3, 0.4) is 0 Å². The summed E-state index contributed by atoms with van der Waals surface area (Å²) in [5.74, 6) is 1.64. The summed E-state index contributed by atoms with van der Waals surface area (Å²) in [6, 6.07) is 16.2. The molecule has 5 nitrogen and oxygen atoms in total. The first-order chi connectivity index (χ1) is 12.7. The molecule has 1 aliphatic heterocycles. The first kappa shape index (κ1) is 16.8. The first-order valence-electron chi connectivity index (χ1n) is 9.08. The van der Waals surface area contributed by atoms with E-state index >= 15 is 0 Å². The number of rotatable bonds is 5. The number of para-hydroxylation sites is 1. The number of hydrogen-bond acceptors (Lipinski definition) is 4. The van der Waals surface area contributed by atoms with E-state index < -0.39 is 0 Å². The Bertz CT molecular complexity index is 967. The van der Waals surface area contributed by atoms with Crippen LogP contribution < -0.4 is 10.3 Å². The van der Waals surface area contributed by atoms with Gasteiger partial charge in [-0.15, -0.1) is 0 Å². The number of benzene rings is 2. The largest absolute Gasteiger partial charge is 0.497 e. The van der Waals surface area contributed by atoms with Crippen LogP contribution in [0, 0.1) is 0 Å². The lowest BCUT2D eigenvalue weighted by Gasteiger charge is -2.24. The van der Waals surface area contributed by atoms with Crippen molar-refractivity contribution in [1.82, 2.24) is 14.9 Å². The molecular weight excluding hydrogens is 326 g/mol. The van der Waals surface area contributed by atoms with E-state index in [9.17, 15) is 4.79 Å². The van der Waals surface area contributed by atoms with Crippen molar-refractivity contribution >= 4 is 10.9 Å². The highest BCUT2D eigenvalue weighted by atomic mass is 16.5. The first-order valence-corrected chi connectivity index (χ1v) is 9.08. The number of hydrogen-bond donors (Lipinski definition) is 1. The maximum Gasteiger partial charge on any atom is 0.258 e. The second kappa shape index (κ2) is 7.30. The quantitative estimate of drug-likeness (QED) is 0.769. The Morgan fingerprint density at radius 3 is 3.00 bits per heavy atom. The Hall–Kier alpha value is -2.66. The molecule has 5 heteroatoms. The van der Waals surface area contributed by atoms with Crippen molar-refractivity contribution in [1.29, 1.82) is 0 Å². The number of aromatic amines is 1. The summed E-state index contributed by atoms with van der Waals surface area (Å²) in [7, 11) is 1.70. The third-order valence-electron chi connectivity index (χ3n) is 5.12. The molecule has 2 aromatic carbocycles. The van der Waals surface area contributed by atoms with Crippen molar-refractivity contribution in [3.63, 3.8) is 0 Å². The minimum absolute atomic E-state index is 0.0610. The van der Waals surface area contributed by atoms with Gasteiger partial charge in [0.05, 0.1) is 24.6 Å². The molecule has 1 atom stereocenters. The summed E-state index contributed by atoms with van der Waals surface area (Å²) in [6.07, 6.45) is 3.32. The average Bonchev–Trinajstić information content (AvgIpc) is 3.08. The van der Waals surface area contributed by atoms with Crippen molar-refractivity contribution in [2.24, 2.45) is 0 Å². The molecule has 0 unspecified atom stereocenters. The number of aromatic nitrogens is 2. The molecule has 26 heavy (non-hydrogen) atoms. The van der Waals surface area contributed by atoms with E-state index in [1.165, 1.54) is 12.0 Å². The molecule has 1 aromatic heterocycles. The van der Waals surface area contributed by atoms with Gasteiger partial charge in [-0.2, -0.15) is 0 Å². The van der Waals surface area contributed by atoms with E-state index in [4.69, 9.17) is 4.74 Å². The molecule has 0 spiro atoms. The molecule has 134 valence electrons. The zero-order valence-corrected chi connectivity index (χ0v) is 14.9. The van der Waals surface area contributed by atoms with Gasteiger partial charge in [-0.25, -0.2) is 4.98 Å². The number of fused-ring (bicyclic) bond motifs is 1. The van der Waals surface area contributed by atoms with Crippen molar-refractivity contribution in [2.75, 3.05) is 13.7 Å². The predicted molar refractivity (Wildman–Crippen MR) is 102 cm³/mol. The van der Waals surface area contributed by atoms with Gasteiger partial charge < -0.3 is 9.72 Å². The number of nitrogens with one attached hydrogen (secondary N) is 1. The van der Waals surface area contributed by atoms with Gasteiger partial charge in [0.15, 0.2) is 0 Å². The van der Waals surface area contributed by atoms with E-state index in [0.717, 1.165) is 36.5 Å². The van der Waals surface area contributed by atoms with E-state index in [-0.39, 0.29) is 5.56 Å². The number of H-pyrrole nitrogens is 1.